The molecule has 1 saturated heterocycles. The summed E-state index contributed by atoms with van der Waals surface area (Å²) in [5.41, 5.74) is -0.742. The number of carbonyl (C=O) groups excluding carboxylic acids is 1. The number of nitrogens with zero attached hydrogens (tertiary/aromatic N) is 3. The van der Waals surface area contributed by atoms with Gasteiger partial charge >= 0.3 is 6.09 Å². The zero-order valence-corrected chi connectivity index (χ0v) is 15.9. The van der Waals surface area contributed by atoms with E-state index in [1.54, 1.807) is 0 Å². The fourth-order valence-electron chi connectivity index (χ4n) is 3.42. The lowest BCUT2D eigenvalue weighted by Crippen LogP contribution is -2.59. The first-order valence-corrected chi connectivity index (χ1v) is 8.97. The summed E-state index contributed by atoms with van der Waals surface area (Å²) in [5, 5.41) is 12.6. The van der Waals surface area contributed by atoms with Gasteiger partial charge in [-0.05, 0) is 46.5 Å². The molecule has 0 bridgehead atoms. The van der Waals surface area contributed by atoms with Crippen molar-refractivity contribution in [2.24, 2.45) is 0 Å². The zero-order valence-electron chi connectivity index (χ0n) is 15.9. The van der Waals surface area contributed by atoms with Gasteiger partial charge in [0.15, 0.2) is 5.75 Å². The highest BCUT2D eigenvalue weighted by Gasteiger charge is 2.44. The Morgan fingerprint density at radius 1 is 1.36 bits per heavy atom. The maximum absolute atomic E-state index is 12.7. The van der Waals surface area contributed by atoms with Crippen molar-refractivity contribution in [3.05, 3.63) is 12.4 Å². The smallest absolute Gasteiger partial charge is 0.410 e. The summed E-state index contributed by atoms with van der Waals surface area (Å²) in [6.07, 6.45) is 5.83. The van der Waals surface area contributed by atoms with Crippen molar-refractivity contribution in [1.29, 1.82) is 0 Å². The Balaban J connectivity index is 2.12. The molecule has 1 aromatic rings. The molecule has 1 unspecified atom stereocenters. The van der Waals surface area contributed by atoms with E-state index < -0.39 is 5.60 Å². The SMILES string of the molecule is CCC1(CC)CC(Nc2ncc(O)cn2)CCN1C(=O)OC(C)(C)C. The van der Waals surface area contributed by atoms with E-state index >= 15 is 0 Å². The molecule has 0 aromatic carbocycles. The number of amides is 1. The molecular weight excluding hydrogens is 320 g/mol. The minimum atomic E-state index is -0.501. The fourth-order valence-corrected chi connectivity index (χ4v) is 3.42. The molecule has 0 spiro atoms. The average Bonchev–Trinajstić information content (AvgIpc) is 2.55. The van der Waals surface area contributed by atoms with E-state index in [-0.39, 0.29) is 23.4 Å². The first kappa shape index (κ1) is 19.3. The molecule has 1 aliphatic heterocycles. The molecule has 7 heteroatoms. The van der Waals surface area contributed by atoms with Crippen LogP contribution in [-0.4, -0.2) is 49.8 Å². The molecule has 1 aliphatic rings. The highest BCUT2D eigenvalue weighted by Crippen LogP contribution is 2.36. The second-order valence-corrected chi connectivity index (χ2v) is 7.66. The Hall–Kier alpha value is -2.05. The average molecular weight is 350 g/mol. The van der Waals surface area contributed by atoms with E-state index in [9.17, 15) is 9.90 Å². The molecule has 1 amide bonds. The summed E-state index contributed by atoms with van der Waals surface area (Å²) in [5.74, 6) is 0.538. The van der Waals surface area contributed by atoms with Gasteiger partial charge in [0.1, 0.15) is 5.60 Å². The molecule has 1 atom stereocenters. The Morgan fingerprint density at radius 2 is 1.96 bits per heavy atom. The predicted molar refractivity (Wildman–Crippen MR) is 96.6 cm³/mol. The Kier molecular flexibility index (Phi) is 5.75. The highest BCUT2D eigenvalue weighted by atomic mass is 16.6. The number of rotatable bonds is 4. The van der Waals surface area contributed by atoms with Gasteiger partial charge in [0.05, 0.1) is 12.4 Å². The van der Waals surface area contributed by atoms with Gasteiger partial charge < -0.3 is 20.1 Å². The number of hydrogen-bond acceptors (Lipinski definition) is 6. The summed E-state index contributed by atoms with van der Waals surface area (Å²) in [7, 11) is 0. The Bertz CT molecular complexity index is 579. The largest absolute Gasteiger partial charge is 0.505 e. The number of anilines is 1. The van der Waals surface area contributed by atoms with E-state index in [1.165, 1.54) is 12.4 Å². The van der Waals surface area contributed by atoms with Crippen LogP contribution in [0.2, 0.25) is 0 Å². The van der Waals surface area contributed by atoms with Crippen molar-refractivity contribution < 1.29 is 14.6 Å². The van der Waals surface area contributed by atoms with Crippen LogP contribution in [0.4, 0.5) is 10.7 Å². The summed E-state index contributed by atoms with van der Waals surface area (Å²) < 4.78 is 5.62. The van der Waals surface area contributed by atoms with Crippen LogP contribution < -0.4 is 5.32 Å². The highest BCUT2D eigenvalue weighted by molar-refractivity contribution is 5.69. The minimum absolute atomic E-state index is 0.0433. The number of carbonyl (C=O) groups is 1. The van der Waals surface area contributed by atoms with Crippen molar-refractivity contribution >= 4 is 12.0 Å². The summed E-state index contributed by atoms with van der Waals surface area (Å²) in [6, 6.07) is 0.170. The quantitative estimate of drug-likeness (QED) is 0.863. The molecular formula is C18H30N4O3. The molecule has 0 aliphatic carbocycles. The van der Waals surface area contributed by atoms with Gasteiger partial charge in [-0.2, -0.15) is 0 Å². The number of ether oxygens (including phenoxy) is 1. The molecule has 0 radical (unpaired) electrons. The van der Waals surface area contributed by atoms with Crippen molar-refractivity contribution in [3.8, 4) is 5.75 Å². The van der Waals surface area contributed by atoms with Crippen LogP contribution in [0.25, 0.3) is 0 Å². The van der Waals surface area contributed by atoms with E-state index in [0.717, 1.165) is 25.7 Å². The van der Waals surface area contributed by atoms with Crippen LogP contribution in [0.15, 0.2) is 12.4 Å². The molecule has 2 rings (SSSR count). The normalized spacial score (nSPS) is 20.2. The number of piperidine rings is 1. The number of hydrogen-bond donors (Lipinski definition) is 2. The van der Waals surface area contributed by atoms with Crippen molar-refractivity contribution in [2.45, 2.75) is 77.5 Å². The molecule has 0 saturated carbocycles. The lowest BCUT2D eigenvalue weighted by molar-refractivity contribution is -0.0203. The van der Waals surface area contributed by atoms with E-state index in [2.05, 4.69) is 29.1 Å². The molecule has 2 N–H and O–H groups in total. The lowest BCUT2D eigenvalue weighted by Gasteiger charge is -2.49. The maximum Gasteiger partial charge on any atom is 0.410 e. The third-order valence-electron chi connectivity index (χ3n) is 4.80. The standard InChI is InChI=1S/C18H30N4O3/c1-6-18(7-2)10-13(21-15-19-11-14(23)12-20-15)8-9-22(18)16(24)25-17(3,4)5/h11-13,23H,6-10H2,1-5H3,(H,19,20,21). The van der Waals surface area contributed by atoms with Gasteiger partial charge in [0.2, 0.25) is 5.95 Å². The first-order valence-electron chi connectivity index (χ1n) is 8.97. The van der Waals surface area contributed by atoms with Crippen LogP contribution in [0.1, 0.15) is 60.3 Å². The van der Waals surface area contributed by atoms with Crippen LogP contribution >= 0.6 is 0 Å². The Morgan fingerprint density at radius 3 is 2.48 bits per heavy atom. The summed E-state index contributed by atoms with van der Waals surface area (Å²) >= 11 is 0. The maximum atomic E-state index is 12.7. The van der Waals surface area contributed by atoms with Crippen LogP contribution in [0.5, 0.6) is 5.75 Å². The van der Waals surface area contributed by atoms with Gasteiger partial charge in [-0.1, -0.05) is 13.8 Å². The lowest BCUT2D eigenvalue weighted by atomic mass is 9.80. The van der Waals surface area contributed by atoms with E-state index in [0.29, 0.717) is 12.5 Å². The molecule has 2 heterocycles. The van der Waals surface area contributed by atoms with Crippen molar-refractivity contribution in [1.82, 2.24) is 14.9 Å². The van der Waals surface area contributed by atoms with Gasteiger partial charge in [-0.3, -0.25) is 0 Å². The predicted octanol–water partition coefficient (Wildman–Crippen LogP) is 3.55. The second-order valence-electron chi connectivity index (χ2n) is 7.66. The zero-order chi connectivity index (χ0) is 18.7. The summed E-state index contributed by atoms with van der Waals surface area (Å²) in [6.45, 7) is 10.5. The summed E-state index contributed by atoms with van der Waals surface area (Å²) in [4.78, 5) is 22.8. The van der Waals surface area contributed by atoms with E-state index in [1.807, 2.05) is 25.7 Å². The van der Waals surface area contributed by atoms with Gasteiger partial charge in [-0.15, -0.1) is 0 Å². The van der Waals surface area contributed by atoms with Crippen molar-refractivity contribution in [2.75, 3.05) is 11.9 Å². The number of likely N-dealkylation sites (tertiary alicyclic amines) is 1. The van der Waals surface area contributed by atoms with Crippen LogP contribution in [-0.2, 0) is 4.74 Å². The topological polar surface area (TPSA) is 87.6 Å². The fraction of sp³-hybridized carbons (Fsp3) is 0.722. The first-order chi connectivity index (χ1) is 11.7. The monoisotopic (exact) mass is 350 g/mol. The molecule has 25 heavy (non-hydrogen) atoms. The third kappa shape index (κ3) is 4.74. The van der Waals surface area contributed by atoms with Gasteiger partial charge in [-0.25, -0.2) is 14.8 Å². The van der Waals surface area contributed by atoms with Crippen molar-refractivity contribution in [3.63, 3.8) is 0 Å². The molecule has 1 fully saturated rings. The number of aromatic hydroxyl groups is 1. The van der Waals surface area contributed by atoms with Gasteiger partial charge in [0, 0.05) is 18.1 Å². The van der Waals surface area contributed by atoms with Crippen LogP contribution in [0, 0.1) is 0 Å². The van der Waals surface area contributed by atoms with E-state index in [4.69, 9.17) is 4.74 Å². The third-order valence-corrected chi connectivity index (χ3v) is 4.80. The minimum Gasteiger partial charge on any atom is -0.505 e. The second kappa shape index (κ2) is 7.45. The van der Waals surface area contributed by atoms with Gasteiger partial charge in [0.25, 0.3) is 0 Å². The number of aromatic nitrogens is 2. The number of nitrogens with one attached hydrogen (secondary N) is 1. The van der Waals surface area contributed by atoms with Crippen LogP contribution in [0.3, 0.4) is 0 Å². The molecule has 1 aromatic heterocycles. The Labute approximate surface area is 149 Å². The molecule has 140 valence electrons. The molecule has 7 nitrogen and oxygen atoms in total.